The highest BCUT2D eigenvalue weighted by molar-refractivity contribution is 6.30. The largest absolute Gasteiger partial charge is 0.343 e. The van der Waals surface area contributed by atoms with Gasteiger partial charge in [0.25, 0.3) is 17.7 Å². The Bertz CT molecular complexity index is 704. The van der Waals surface area contributed by atoms with E-state index >= 15 is 0 Å². The summed E-state index contributed by atoms with van der Waals surface area (Å²) in [4.78, 5) is 38.9. The van der Waals surface area contributed by atoms with Gasteiger partial charge in [0.15, 0.2) is 0 Å². The SMILES string of the molecule is O=C(CNC(=O)c1ccc(Cl)cc1)NNC(=O)c1ccccn1. The summed E-state index contributed by atoms with van der Waals surface area (Å²) < 4.78 is 0. The fourth-order valence-electron chi connectivity index (χ4n) is 1.60. The van der Waals surface area contributed by atoms with Crippen molar-refractivity contribution in [1.29, 1.82) is 0 Å². The molecule has 0 spiro atoms. The molecule has 2 rings (SSSR count). The van der Waals surface area contributed by atoms with E-state index in [4.69, 9.17) is 11.6 Å². The van der Waals surface area contributed by atoms with Crippen LogP contribution in [0.5, 0.6) is 0 Å². The lowest BCUT2D eigenvalue weighted by Crippen LogP contribution is -2.46. The van der Waals surface area contributed by atoms with Gasteiger partial charge in [-0.25, -0.2) is 0 Å². The van der Waals surface area contributed by atoms with Crippen molar-refractivity contribution in [3.8, 4) is 0 Å². The number of hydrogen-bond donors (Lipinski definition) is 3. The number of halogens is 1. The lowest BCUT2D eigenvalue weighted by molar-refractivity contribution is -0.120. The Balaban J connectivity index is 1.76. The molecule has 23 heavy (non-hydrogen) atoms. The third-order valence-corrected chi connectivity index (χ3v) is 2.98. The first-order valence-corrected chi connectivity index (χ1v) is 6.98. The molecule has 0 aliphatic carbocycles. The third-order valence-electron chi connectivity index (χ3n) is 2.73. The first kappa shape index (κ1) is 16.4. The summed E-state index contributed by atoms with van der Waals surface area (Å²) in [5.41, 5.74) is 4.92. The monoisotopic (exact) mass is 332 g/mol. The highest BCUT2D eigenvalue weighted by atomic mass is 35.5. The van der Waals surface area contributed by atoms with E-state index in [1.54, 1.807) is 36.4 Å². The molecule has 118 valence electrons. The molecule has 1 aromatic carbocycles. The number of carbonyl (C=O) groups excluding carboxylic acids is 3. The van der Waals surface area contributed by atoms with Crippen LogP contribution >= 0.6 is 11.6 Å². The molecule has 0 fully saturated rings. The Morgan fingerprint density at radius 3 is 2.35 bits per heavy atom. The van der Waals surface area contributed by atoms with Gasteiger partial charge in [-0.05, 0) is 36.4 Å². The zero-order valence-corrected chi connectivity index (χ0v) is 12.6. The first-order valence-electron chi connectivity index (χ1n) is 6.60. The Labute approximate surface area is 137 Å². The molecule has 7 nitrogen and oxygen atoms in total. The maximum Gasteiger partial charge on any atom is 0.288 e. The van der Waals surface area contributed by atoms with Gasteiger partial charge in [-0.15, -0.1) is 0 Å². The molecule has 0 saturated carbocycles. The average molecular weight is 333 g/mol. The second-order valence-corrected chi connectivity index (χ2v) is 4.84. The van der Waals surface area contributed by atoms with Gasteiger partial charge in [0.2, 0.25) is 0 Å². The lowest BCUT2D eigenvalue weighted by Gasteiger charge is -2.08. The molecule has 0 unspecified atom stereocenters. The summed E-state index contributed by atoms with van der Waals surface area (Å²) in [7, 11) is 0. The van der Waals surface area contributed by atoms with Crippen molar-refractivity contribution in [3.63, 3.8) is 0 Å². The molecule has 3 amide bonds. The molecule has 3 N–H and O–H groups in total. The summed E-state index contributed by atoms with van der Waals surface area (Å²) >= 11 is 5.72. The number of hydrazine groups is 1. The Kier molecular flexibility index (Phi) is 5.65. The summed E-state index contributed by atoms with van der Waals surface area (Å²) in [6.07, 6.45) is 1.46. The molecular formula is C15H13ClN4O3. The van der Waals surface area contributed by atoms with Crippen LogP contribution in [0.15, 0.2) is 48.7 Å². The molecule has 0 atom stereocenters. The maximum absolute atomic E-state index is 11.8. The minimum atomic E-state index is -0.573. The minimum Gasteiger partial charge on any atom is -0.343 e. The molecule has 1 aromatic heterocycles. The van der Waals surface area contributed by atoms with Crippen LogP contribution in [0.4, 0.5) is 0 Å². The van der Waals surface area contributed by atoms with E-state index in [1.807, 2.05) is 0 Å². The van der Waals surface area contributed by atoms with Crippen LogP contribution in [-0.2, 0) is 4.79 Å². The quantitative estimate of drug-likeness (QED) is 0.725. The molecule has 0 aliphatic heterocycles. The Hall–Kier alpha value is -2.93. The predicted molar refractivity (Wildman–Crippen MR) is 83.6 cm³/mol. The maximum atomic E-state index is 11.8. The fourth-order valence-corrected chi connectivity index (χ4v) is 1.72. The number of pyridine rings is 1. The van der Waals surface area contributed by atoms with E-state index in [2.05, 4.69) is 21.2 Å². The van der Waals surface area contributed by atoms with Gasteiger partial charge < -0.3 is 5.32 Å². The van der Waals surface area contributed by atoms with Crippen LogP contribution in [0, 0.1) is 0 Å². The van der Waals surface area contributed by atoms with Crippen molar-refractivity contribution >= 4 is 29.3 Å². The number of amides is 3. The molecule has 2 aromatic rings. The van der Waals surface area contributed by atoms with Crippen molar-refractivity contribution in [2.24, 2.45) is 0 Å². The first-order chi connectivity index (χ1) is 11.1. The second-order valence-electron chi connectivity index (χ2n) is 4.41. The van der Waals surface area contributed by atoms with Crippen molar-refractivity contribution in [1.82, 2.24) is 21.2 Å². The van der Waals surface area contributed by atoms with Crippen molar-refractivity contribution in [2.45, 2.75) is 0 Å². The highest BCUT2D eigenvalue weighted by Crippen LogP contribution is 2.09. The number of aromatic nitrogens is 1. The van der Waals surface area contributed by atoms with E-state index in [1.165, 1.54) is 12.3 Å². The van der Waals surface area contributed by atoms with Gasteiger partial charge in [-0.3, -0.25) is 30.2 Å². The van der Waals surface area contributed by atoms with Crippen LogP contribution < -0.4 is 16.2 Å². The topological polar surface area (TPSA) is 100 Å². The number of hydrogen-bond acceptors (Lipinski definition) is 4. The van der Waals surface area contributed by atoms with Crippen molar-refractivity contribution in [3.05, 3.63) is 64.9 Å². The van der Waals surface area contributed by atoms with Gasteiger partial charge in [0.05, 0.1) is 6.54 Å². The molecule has 0 bridgehead atoms. The third kappa shape index (κ3) is 5.08. The van der Waals surface area contributed by atoms with Gasteiger partial charge >= 0.3 is 0 Å². The number of nitrogens with one attached hydrogen (secondary N) is 3. The Morgan fingerprint density at radius 2 is 1.70 bits per heavy atom. The minimum absolute atomic E-state index is 0.165. The summed E-state index contributed by atoms with van der Waals surface area (Å²) in [5, 5.41) is 2.93. The van der Waals surface area contributed by atoms with E-state index in [0.717, 1.165) is 0 Å². The molecular weight excluding hydrogens is 320 g/mol. The molecule has 1 heterocycles. The van der Waals surface area contributed by atoms with Crippen LogP contribution in [0.2, 0.25) is 5.02 Å². The molecule has 0 aliphatic rings. The second kappa shape index (κ2) is 7.90. The molecule has 8 heteroatoms. The Morgan fingerprint density at radius 1 is 0.957 bits per heavy atom. The number of benzene rings is 1. The van der Waals surface area contributed by atoms with Crippen molar-refractivity contribution < 1.29 is 14.4 Å². The summed E-state index contributed by atoms with van der Waals surface area (Å²) in [6.45, 7) is -0.288. The fraction of sp³-hybridized carbons (Fsp3) is 0.0667. The number of rotatable bonds is 4. The normalized spacial score (nSPS) is 9.78. The van der Waals surface area contributed by atoms with Crippen LogP contribution in [0.25, 0.3) is 0 Å². The lowest BCUT2D eigenvalue weighted by atomic mass is 10.2. The van der Waals surface area contributed by atoms with Gasteiger partial charge in [-0.2, -0.15) is 0 Å². The molecule has 0 saturated heterocycles. The van der Waals surface area contributed by atoms with Gasteiger partial charge in [-0.1, -0.05) is 17.7 Å². The highest BCUT2D eigenvalue weighted by Gasteiger charge is 2.10. The van der Waals surface area contributed by atoms with Crippen LogP contribution in [-0.4, -0.2) is 29.3 Å². The van der Waals surface area contributed by atoms with E-state index in [9.17, 15) is 14.4 Å². The van der Waals surface area contributed by atoms with Crippen LogP contribution in [0.3, 0.4) is 0 Å². The standard InChI is InChI=1S/C15H13ClN4O3/c16-11-6-4-10(5-7-11)14(22)18-9-13(21)19-20-15(23)12-3-1-2-8-17-12/h1-8H,9H2,(H,18,22)(H,19,21)(H,20,23). The van der Waals surface area contributed by atoms with E-state index < -0.39 is 17.7 Å². The zero-order valence-electron chi connectivity index (χ0n) is 11.9. The summed E-state index contributed by atoms with van der Waals surface area (Å²) in [5.74, 6) is -1.55. The average Bonchev–Trinajstić information content (AvgIpc) is 2.59. The number of carbonyl (C=O) groups is 3. The van der Waals surface area contributed by atoms with Crippen molar-refractivity contribution in [2.75, 3.05) is 6.54 Å². The molecule has 0 radical (unpaired) electrons. The van der Waals surface area contributed by atoms with Gasteiger partial charge in [0, 0.05) is 16.8 Å². The predicted octanol–water partition coefficient (Wildman–Crippen LogP) is 0.926. The van der Waals surface area contributed by atoms with E-state index in [0.29, 0.717) is 10.6 Å². The summed E-state index contributed by atoms with van der Waals surface area (Å²) in [6, 6.07) is 11.0. The van der Waals surface area contributed by atoms with Crippen LogP contribution in [0.1, 0.15) is 20.8 Å². The van der Waals surface area contributed by atoms with Gasteiger partial charge in [0.1, 0.15) is 5.69 Å². The zero-order chi connectivity index (χ0) is 16.7. The number of nitrogens with zero attached hydrogens (tertiary/aromatic N) is 1. The smallest absolute Gasteiger partial charge is 0.288 e. The van der Waals surface area contributed by atoms with E-state index in [-0.39, 0.29) is 12.2 Å².